The first-order chi connectivity index (χ1) is 19.7. The summed E-state index contributed by atoms with van der Waals surface area (Å²) in [6.45, 7) is 0. The van der Waals surface area contributed by atoms with Crippen LogP contribution >= 0.6 is 0 Å². The molecule has 0 unspecified atom stereocenters. The molecule has 0 amide bonds. The molecule has 0 radical (unpaired) electrons. The Morgan fingerprint density at radius 2 is 0.825 bits per heavy atom. The Morgan fingerprint density at radius 1 is 0.425 bits per heavy atom. The van der Waals surface area contributed by atoms with Gasteiger partial charge in [-0.15, -0.1) is 10.2 Å². The third kappa shape index (κ3) is 6.35. The molecule has 0 saturated heterocycles. The van der Waals surface area contributed by atoms with E-state index in [1.807, 2.05) is 72.8 Å². The van der Waals surface area contributed by atoms with Crippen LogP contribution in [0.1, 0.15) is 33.9 Å². The van der Waals surface area contributed by atoms with Crippen LogP contribution in [0.5, 0.6) is 0 Å². The van der Waals surface area contributed by atoms with Gasteiger partial charge in [0.15, 0.2) is 0 Å². The lowest BCUT2D eigenvalue weighted by Crippen LogP contribution is -2.24. The molecule has 0 aliphatic carbocycles. The van der Waals surface area contributed by atoms with Crippen LogP contribution < -0.4 is 10.2 Å². The molecule has 194 valence electrons. The predicted octanol–water partition coefficient (Wildman–Crippen LogP) is 2.99. The Bertz CT molecular complexity index is 1480. The Labute approximate surface area is 230 Å². The van der Waals surface area contributed by atoms with Crippen molar-refractivity contribution in [3.05, 3.63) is 162 Å². The summed E-state index contributed by atoms with van der Waals surface area (Å²) >= 11 is 0. The van der Waals surface area contributed by atoms with E-state index in [0.29, 0.717) is 22.8 Å². The number of nitrogens with zero attached hydrogens (tertiary/aromatic N) is 7. The maximum atomic E-state index is 12.9. The molecule has 3 aromatic heterocycles. The fourth-order valence-corrected chi connectivity index (χ4v) is 3.68. The molecule has 0 aliphatic rings. The molecule has 0 fully saturated rings. The monoisotopic (exact) mass is 523 g/mol. The Kier molecular flexibility index (Phi) is 8.14. The lowest BCUT2D eigenvalue weighted by molar-refractivity contribution is -0.214. The average Bonchev–Trinajstić information content (AvgIpc) is 3.03. The molecule has 9 heteroatoms. The average molecular weight is 524 g/mol. The summed E-state index contributed by atoms with van der Waals surface area (Å²) in [6.07, 6.45) is 3.27. The molecular weight excluding hydrogens is 502 g/mol. The van der Waals surface area contributed by atoms with Gasteiger partial charge < -0.3 is 10.2 Å². The molecule has 3 heterocycles. The summed E-state index contributed by atoms with van der Waals surface area (Å²) in [6, 6.07) is 33.8. The van der Waals surface area contributed by atoms with E-state index >= 15 is 0 Å². The van der Waals surface area contributed by atoms with Gasteiger partial charge in [0.25, 0.3) is 0 Å². The van der Waals surface area contributed by atoms with Crippen LogP contribution in [0.15, 0.2) is 148 Å². The first-order valence-corrected chi connectivity index (χ1v) is 12.3. The fraction of sp³-hybridized carbons (Fsp3) is 0. The van der Waals surface area contributed by atoms with E-state index in [1.54, 1.807) is 36.7 Å². The van der Waals surface area contributed by atoms with E-state index in [9.17, 15) is 10.2 Å². The fourth-order valence-electron chi connectivity index (χ4n) is 3.68. The number of pyridine rings is 3. The molecule has 0 aliphatic heterocycles. The van der Waals surface area contributed by atoms with Gasteiger partial charge in [0, 0.05) is 35.3 Å². The summed E-state index contributed by atoms with van der Waals surface area (Å²) in [4.78, 5) is 12.8. The van der Waals surface area contributed by atoms with Crippen molar-refractivity contribution < 1.29 is 10.2 Å². The molecule has 0 atom stereocenters. The van der Waals surface area contributed by atoms with Crippen LogP contribution in [0.25, 0.3) is 0 Å². The number of hydrogen-bond donors (Lipinski definition) is 0. The maximum Gasteiger partial charge on any atom is 0.118 e. The van der Waals surface area contributed by atoms with Gasteiger partial charge in [0.2, 0.25) is 0 Å². The summed E-state index contributed by atoms with van der Waals surface area (Å²) < 4.78 is 0. The number of benzene rings is 2. The van der Waals surface area contributed by atoms with Crippen molar-refractivity contribution in [3.8, 4) is 0 Å². The van der Waals surface area contributed by atoms with Crippen LogP contribution in [0.4, 0.5) is 0 Å². The molecular formula is C31H21N7O2-2. The van der Waals surface area contributed by atoms with Crippen molar-refractivity contribution in [1.82, 2.24) is 15.0 Å². The second kappa shape index (κ2) is 12.6. The summed E-state index contributed by atoms with van der Waals surface area (Å²) in [5.41, 5.74) is 3.33. The van der Waals surface area contributed by atoms with Crippen LogP contribution in [0.3, 0.4) is 0 Å². The van der Waals surface area contributed by atoms with Gasteiger partial charge in [-0.05, 0) is 36.4 Å². The van der Waals surface area contributed by atoms with E-state index < -0.39 is 11.8 Å². The van der Waals surface area contributed by atoms with E-state index in [0.717, 1.165) is 11.1 Å². The van der Waals surface area contributed by atoms with Crippen LogP contribution in [-0.4, -0.2) is 38.2 Å². The Hall–Kier alpha value is -5.83. The molecule has 0 N–H and O–H groups in total. The zero-order valence-electron chi connectivity index (χ0n) is 21.1. The van der Waals surface area contributed by atoms with Gasteiger partial charge in [0.1, 0.15) is 11.4 Å². The SMILES string of the molecule is [O-]C(=N/N=C(/c1ccccc1)c1ccccn1)c1cccc(C([O-])=N/N=C(/c2ccccc2)c2ccccn2)n1. The molecule has 5 rings (SSSR count). The third-order valence-electron chi connectivity index (χ3n) is 5.58. The highest BCUT2D eigenvalue weighted by Crippen LogP contribution is 2.11. The largest absolute Gasteiger partial charge is 0.856 e. The lowest BCUT2D eigenvalue weighted by Gasteiger charge is -2.13. The van der Waals surface area contributed by atoms with Crippen LogP contribution in [0, 0.1) is 0 Å². The summed E-state index contributed by atoms with van der Waals surface area (Å²) in [7, 11) is 0. The van der Waals surface area contributed by atoms with Crippen molar-refractivity contribution in [2.75, 3.05) is 0 Å². The van der Waals surface area contributed by atoms with Gasteiger partial charge in [-0.2, -0.15) is 10.2 Å². The minimum atomic E-state index is -0.721. The van der Waals surface area contributed by atoms with Gasteiger partial charge >= 0.3 is 0 Å². The summed E-state index contributed by atoms with van der Waals surface area (Å²) in [5.74, 6) is -1.44. The standard InChI is InChI=1S/C31H23N7O2/c39-30(37-35-28(22-12-3-1-4-13-22)24-16-7-9-20-32-24)26-18-11-19-27(34-26)31(40)38-36-29(23-14-5-2-6-15-23)25-17-8-10-21-33-25/h1-21H,(H,37,39)(H,38,40)/p-2/b35-28-,36-29-. The highest BCUT2D eigenvalue weighted by molar-refractivity contribution is 6.12. The normalized spacial score (nSPS) is 12.8. The van der Waals surface area contributed by atoms with Crippen molar-refractivity contribution in [2.24, 2.45) is 20.4 Å². The first kappa shape index (κ1) is 25.8. The van der Waals surface area contributed by atoms with E-state index in [-0.39, 0.29) is 11.4 Å². The van der Waals surface area contributed by atoms with E-state index in [2.05, 4.69) is 35.4 Å². The quantitative estimate of drug-likeness (QED) is 0.175. The molecule has 40 heavy (non-hydrogen) atoms. The first-order valence-electron chi connectivity index (χ1n) is 12.3. The van der Waals surface area contributed by atoms with Crippen molar-refractivity contribution in [2.45, 2.75) is 0 Å². The van der Waals surface area contributed by atoms with Gasteiger partial charge in [-0.25, -0.2) is 4.98 Å². The van der Waals surface area contributed by atoms with E-state index in [4.69, 9.17) is 0 Å². The highest BCUT2D eigenvalue weighted by Gasteiger charge is 2.09. The van der Waals surface area contributed by atoms with Gasteiger partial charge in [-0.1, -0.05) is 78.9 Å². The predicted molar refractivity (Wildman–Crippen MR) is 150 cm³/mol. The molecule has 2 aromatic carbocycles. The summed E-state index contributed by atoms with van der Waals surface area (Å²) in [5, 5.41) is 41.9. The van der Waals surface area contributed by atoms with E-state index in [1.165, 1.54) is 18.2 Å². The zero-order valence-corrected chi connectivity index (χ0v) is 21.1. The number of rotatable bonds is 8. The minimum absolute atomic E-state index is 0.0600. The van der Waals surface area contributed by atoms with Crippen LogP contribution in [-0.2, 0) is 0 Å². The highest BCUT2D eigenvalue weighted by atomic mass is 16.3. The second-order valence-electron chi connectivity index (χ2n) is 8.28. The maximum absolute atomic E-state index is 12.9. The number of aromatic nitrogens is 3. The third-order valence-corrected chi connectivity index (χ3v) is 5.58. The zero-order chi connectivity index (χ0) is 27.6. The molecule has 9 nitrogen and oxygen atoms in total. The van der Waals surface area contributed by atoms with Crippen LogP contribution in [0.2, 0.25) is 0 Å². The Morgan fingerprint density at radius 3 is 1.23 bits per heavy atom. The van der Waals surface area contributed by atoms with Gasteiger partial charge in [-0.3, -0.25) is 9.97 Å². The van der Waals surface area contributed by atoms with Crippen molar-refractivity contribution in [3.63, 3.8) is 0 Å². The lowest BCUT2D eigenvalue weighted by atomic mass is 10.1. The molecule has 0 saturated carbocycles. The topological polar surface area (TPSA) is 134 Å². The number of hydrogen-bond acceptors (Lipinski definition) is 9. The molecule has 0 bridgehead atoms. The Balaban J connectivity index is 1.46. The second-order valence-corrected chi connectivity index (χ2v) is 8.28. The van der Waals surface area contributed by atoms with Crippen molar-refractivity contribution >= 4 is 23.2 Å². The minimum Gasteiger partial charge on any atom is -0.856 e. The van der Waals surface area contributed by atoms with Crippen molar-refractivity contribution in [1.29, 1.82) is 0 Å². The molecule has 0 spiro atoms. The smallest absolute Gasteiger partial charge is 0.118 e. The molecule has 5 aromatic rings. The van der Waals surface area contributed by atoms with Gasteiger partial charge in [0.05, 0.1) is 22.8 Å².